The number of aryl methyl sites for hydroxylation is 1. The van der Waals surface area contributed by atoms with Crippen LogP contribution >= 0.6 is 23.4 Å². The molecule has 1 aromatic carbocycles. The fraction of sp³-hybridized carbons (Fsp3) is 0.633. The first-order valence-electron chi connectivity index (χ1n) is 23.6. The van der Waals surface area contributed by atoms with Crippen molar-refractivity contribution < 1.29 is 67.2 Å². The number of imide groups is 2. The summed E-state index contributed by atoms with van der Waals surface area (Å²) in [5.74, 6) is -4.75. The van der Waals surface area contributed by atoms with E-state index in [1.165, 1.54) is 21.6 Å². The number of rotatable bonds is 11. The highest BCUT2D eigenvalue weighted by molar-refractivity contribution is 8.00. The molecule has 18 nitrogen and oxygen atoms in total. The van der Waals surface area contributed by atoms with Gasteiger partial charge >= 0.3 is 18.0 Å². The number of ether oxygens (including phenoxy) is 4. The van der Waals surface area contributed by atoms with Gasteiger partial charge in [-0.05, 0) is 88.2 Å². The molecule has 2 N–H and O–H groups in total. The van der Waals surface area contributed by atoms with E-state index < -0.39 is 95.0 Å². The van der Waals surface area contributed by atoms with Crippen LogP contribution in [0, 0.1) is 30.6 Å². The highest BCUT2D eigenvalue weighted by Gasteiger charge is 2.64. The Balaban J connectivity index is 1.03. The number of likely N-dealkylation sites (tertiary alicyclic amines) is 1. The number of nitrogens with one attached hydrogen (secondary N) is 1. The number of esters is 1. The zero-order chi connectivity index (χ0) is 50.5. The Morgan fingerprint density at radius 1 is 1.01 bits per heavy atom. The zero-order valence-electron chi connectivity index (χ0n) is 40.6. The topological polar surface area (TPSA) is 228 Å². The SMILES string of the molecule is CC(=O)N(OC(=O)C1CCC(CN2C(=O)CC(SCCCOCC(=O)O[C@H]3CC(=O)N(C)c4cc(cc(C)c4Cl)C/C(C)=C/C=C/[C@@H](C)[C@@]4(O)CC(OC(=O)N4)[C@@H](C)[C@@H]4O[C@@]34C)C2=O)CC1)C(C)=O. The number of fused-ring (bicyclic) bond motifs is 5. The summed E-state index contributed by atoms with van der Waals surface area (Å²) in [6.07, 6.45) is 5.14. The van der Waals surface area contributed by atoms with E-state index >= 15 is 0 Å². The second-order valence-electron chi connectivity index (χ2n) is 19.3. The van der Waals surface area contributed by atoms with Crippen molar-refractivity contribution in [2.24, 2.45) is 23.7 Å². The number of amides is 6. The number of epoxide rings is 1. The van der Waals surface area contributed by atoms with Gasteiger partial charge in [0.05, 0.1) is 34.4 Å². The molecule has 0 aromatic heterocycles. The third-order valence-electron chi connectivity index (χ3n) is 13.9. The first kappa shape index (κ1) is 53.5. The molecule has 1 aliphatic carbocycles. The summed E-state index contributed by atoms with van der Waals surface area (Å²) in [6, 6.07) is 3.82. The van der Waals surface area contributed by atoms with Gasteiger partial charge in [-0.2, -0.15) is 0 Å². The highest BCUT2D eigenvalue weighted by Crippen LogP contribution is 2.49. The third-order valence-corrected chi connectivity index (χ3v) is 15.7. The van der Waals surface area contributed by atoms with Crippen LogP contribution in [0.5, 0.6) is 0 Å². The van der Waals surface area contributed by atoms with Crippen LogP contribution in [0.15, 0.2) is 35.9 Å². The number of allylic oxidation sites excluding steroid dienone is 3. The molecule has 378 valence electrons. The van der Waals surface area contributed by atoms with Crippen LogP contribution in [0.25, 0.3) is 0 Å². The zero-order valence-corrected chi connectivity index (χ0v) is 42.2. The van der Waals surface area contributed by atoms with Gasteiger partial charge in [0, 0.05) is 58.7 Å². The summed E-state index contributed by atoms with van der Waals surface area (Å²) in [6.45, 7) is 11.4. The smallest absolute Gasteiger partial charge is 0.409 e. The molecule has 6 rings (SSSR count). The van der Waals surface area contributed by atoms with Gasteiger partial charge in [-0.25, -0.2) is 14.4 Å². The number of thioether (sulfide) groups is 1. The standard InChI is InChI=1S/C49H65ClN4O14S/c1-27-11-9-12-29(3)49(63)24-37(65-47(62)51-49)30(4)44-48(7,67-44)39(23-40(57)52(8)36-21-34(19-27)20-28(2)43(36)50)66-42(59)26-64-17-10-18-69-38-22-41(58)53(45(38)60)25-33-13-15-35(16-14-33)46(61)68-54(31(5)55)32(6)56/h9,11-12,20-21,29-30,33,35,37-39,44,63H,10,13-19,22-26H2,1-8H3,(H,51,62)/b12-9+,27-11+/t29-,30-,33?,35?,37?,38?,39+,44+,48+,49+/m1/s1. The first-order valence-corrected chi connectivity index (χ1v) is 25.0. The van der Waals surface area contributed by atoms with Crippen LogP contribution in [0.3, 0.4) is 0 Å². The third kappa shape index (κ3) is 12.9. The molecule has 4 heterocycles. The van der Waals surface area contributed by atoms with Gasteiger partial charge in [0.2, 0.25) is 17.7 Å². The molecular formula is C49H65ClN4O14S. The maximum atomic E-state index is 14.1. The quantitative estimate of drug-likeness (QED) is 0.0916. The maximum absolute atomic E-state index is 14.1. The van der Waals surface area contributed by atoms with E-state index in [4.69, 9.17) is 35.4 Å². The minimum Gasteiger partial charge on any atom is -0.457 e. The Morgan fingerprint density at radius 2 is 1.71 bits per heavy atom. The number of carbonyl (C=O) groups excluding carboxylic acids is 8. The van der Waals surface area contributed by atoms with Gasteiger partial charge in [-0.15, -0.1) is 16.8 Å². The molecule has 1 saturated carbocycles. The Morgan fingerprint density at radius 3 is 2.39 bits per heavy atom. The summed E-state index contributed by atoms with van der Waals surface area (Å²) >= 11 is 8.13. The number of anilines is 1. The number of halogens is 1. The van der Waals surface area contributed by atoms with Crippen LogP contribution in [0.1, 0.15) is 104 Å². The number of benzene rings is 1. The normalized spacial score (nSPS) is 31.9. The highest BCUT2D eigenvalue weighted by atomic mass is 35.5. The average Bonchev–Trinajstić information content (AvgIpc) is 3.91. The monoisotopic (exact) mass is 1000 g/mol. The lowest BCUT2D eigenvalue weighted by Crippen LogP contribution is -2.60. The number of alkyl carbamates (subject to hydrolysis) is 1. The minimum absolute atomic E-state index is 0.00440. The largest absolute Gasteiger partial charge is 0.457 e. The summed E-state index contributed by atoms with van der Waals surface area (Å²) in [4.78, 5) is 110. The van der Waals surface area contributed by atoms with Crippen molar-refractivity contribution in [3.63, 3.8) is 0 Å². The van der Waals surface area contributed by atoms with Crippen molar-refractivity contribution >= 4 is 76.6 Å². The van der Waals surface area contributed by atoms with E-state index in [9.17, 15) is 43.5 Å². The van der Waals surface area contributed by atoms with Crippen molar-refractivity contribution in [1.82, 2.24) is 15.3 Å². The van der Waals surface area contributed by atoms with Gasteiger partial charge in [-0.1, -0.05) is 55.3 Å². The fourth-order valence-corrected chi connectivity index (χ4v) is 10.9. The molecule has 2 unspecified atom stereocenters. The second kappa shape index (κ2) is 22.5. The Labute approximate surface area is 412 Å². The molecular weight excluding hydrogens is 936 g/mol. The maximum Gasteiger partial charge on any atom is 0.409 e. The number of hydroxylamine groups is 2. The van der Waals surface area contributed by atoms with Gasteiger partial charge in [0.15, 0.2) is 0 Å². The lowest BCUT2D eigenvalue weighted by atomic mass is 9.82. The molecule has 6 amide bonds. The molecule has 4 fully saturated rings. The van der Waals surface area contributed by atoms with Crippen LogP contribution in [-0.2, 0) is 63.8 Å². The lowest BCUT2D eigenvalue weighted by Gasteiger charge is -2.41. The summed E-state index contributed by atoms with van der Waals surface area (Å²) < 4.78 is 23.6. The molecule has 69 heavy (non-hydrogen) atoms. The summed E-state index contributed by atoms with van der Waals surface area (Å²) in [7, 11) is 1.61. The van der Waals surface area contributed by atoms with Gasteiger partial charge < -0.3 is 33.8 Å². The van der Waals surface area contributed by atoms with Crippen molar-refractivity contribution in [3.05, 3.63) is 52.1 Å². The summed E-state index contributed by atoms with van der Waals surface area (Å²) in [5.41, 5.74) is 0.378. The van der Waals surface area contributed by atoms with E-state index in [0.717, 1.165) is 30.5 Å². The minimum atomic E-state index is -1.63. The van der Waals surface area contributed by atoms with E-state index in [-0.39, 0.29) is 50.1 Å². The molecule has 5 aliphatic rings. The van der Waals surface area contributed by atoms with E-state index in [0.29, 0.717) is 60.1 Å². The second-order valence-corrected chi connectivity index (χ2v) is 21.0. The summed E-state index contributed by atoms with van der Waals surface area (Å²) in [5, 5.41) is 14.6. The fourth-order valence-electron chi connectivity index (χ4n) is 9.61. The van der Waals surface area contributed by atoms with E-state index in [1.807, 2.05) is 51.1 Å². The molecule has 4 bridgehead atoms. The van der Waals surface area contributed by atoms with Gasteiger partial charge in [-0.3, -0.25) is 34.2 Å². The molecule has 4 aliphatic heterocycles. The van der Waals surface area contributed by atoms with E-state index in [2.05, 4.69) is 5.32 Å². The Kier molecular flexibility index (Phi) is 17.5. The Bertz CT molecular complexity index is 2240. The van der Waals surface area contributed by atoms with Crippen LogP contribution in [0.2, 0.25) is 5.02 Å². The van der Waals surface area contributed by atoms with Gasteiger partial charge in [0.1, 0.15) is 30.1 Å². The number of hydrogen-bond acceptors (Lipinski definition) is 15. The number of aliphatic hydroxyl groups is 1. The molecule has 1 aromatic rings. The molecule has 3 saturated heterocycles. The van der Waals surface area contributed by atoms with E-state index in [1.54, 1.807) is 20.9 Å². The van der Waals surface area contributed by atoms with Crippen molar-refractivity contribution in [2.45, 2.75) is 141 Å². The van der Waals surface area contributed by atoms with Crippen molar-refractivity contribution in [1.29, 1.82) is 0 Å². The van der Waals surface area contributed by atoms with Crippen LogP contribution in [0.4, 0.5) is 10.5 Å². The lowest BCUT2D eigenvalue weighted by molar-refractivity contribution is -0.204. The van der Waals surface area contributed by atoms with Crippen LogP contribution < -0.4 is 10.2 Å². The average molecular weight is 1000 g/mol. The predicted molar refractivity (Wildman–Crippen MR) is 253 cm³/mol. The predicted octanol–water partition coefficient (Wildman–Crippen LogP) is 5.52. The number of carbonyl (C=O) groups is 8. The molecule has 0 spiro atoms. The molecule has 0 radical (unpaired) electrons. The molecule has 8 atom stereocenters. The van der Waals surface area contributed by atoms with Crippen molar-refractivity contribution in [3.8, 4) is 0 Å². The number of nitrogens with zero attached hydrogens (tertiary/aromatic N) is 3. The van der Waals surface area contributed by atoms with Crippen LogP contribution in [-0.4, -0.2) is 130 Å². The first-order chi connectivity index (χ1) is 32.5. The van der Waals surface area contributed by atoms with Crippen molar-refractivity contribution in [2.75, 3.05) is 37.5 Å². The Hall–Kier alpha value is -4.82. The molecule has 20 heteroatoms. The van der Waals surface area contributed by atoms with Gasteiger partial charge in [0.25, 0.3) is 11.8 Å². The number of hydrogen-bond donors (Lipinski definition) is 2.